The molecule has 0 fully saturated rings. The Kier molecular flexibility index (Phi) is 4.03. The van der Waals surface area contributed by atoms with Crippen LogP contribution in [0.1, 0.15) is 11.1 Å². The van der Waals surface area contributed by atoms with Crippen LogP contribution in [0.25, 0.3) is 22.2 Å². The van der Waals surface area contributed by atoms with Crippen molar-refractivity contribution in [1.82, 2.24) is 4.57 Å². The Hall–Kier alpha value is -3.01. The zero-order chi connectivity index (χ0) is 18.1. The van der Waals surface area contributed by atoms with E-state index in [1.165, 1.54) is 12.1 Å². The summed E-state index contributed by atoms with van der Waals surface area (Å²) in [6.45, 7) is 0.377. The standard InChI is InChI=1S/C22H16F3N/c23-22(24,25)19-11-6-7-16(13-19)15-26-20-12-5-4-10-18(20)14-21(26)17-8-2-1-3-9-17/h1-14H,15H2. The first-order chi connectivity index (χ1) is 12.5. The fourth-order valence-corrected chi connectivity index (χ4v) is 3.26. The van der Waals surface area contributed by atoms with Crippen molar-refractivity contribution < 1.29 is 13.2 Å². The molecule has 0 aliphatic carbocycles. The van der Waals surface area contributed by atoms with Gasteiger partial charge in [0.1, 0.15) is 0 Å². The van der Waals surface area contributed by atoms with E-state index >= 15 is 0 Å². The normalized spacial score (nSPS) is 11.8. The van der Waals surface area contributed by atoms with Gasteiger partial charge in [0.15, 0.2) is 0 Å². The Morgan fingerprint density at radius 2 is 1.46 bits per heavy atom. The minimum absolute atomic E-state index is 0.377. The predicted octanol–water partition coefficient (Wildman–Crippen LogP) is 6.38. The summed E-state index contributed by atoms with van der Waals surface area (Å²) in [7, 11) is 0. The topological polar surface area (TPSA) is 4.93 Å². The van der Waals surface area contributed by atoms with Crippen molar-refractivity contribution in [3.63, 3.8) is 0 Å². The van der Waals surface area contributed by atoms with Gasteiger partial charge in [-0.25, -0.2) is 0 Å². The fourth-order valence-electron chi connectivity index (χ4n) is 3.26. The minimum Gasteiger partial charge on any atom is -0.336 e. The van der Waals surface area contributed by atoms with Crippen molar-refractivity contribution in [3.05, 3.63) is 96.1 Å². The van der Waals surface area contributed by atoms with Crippen molar-refractivity contribution in [3.8, 4) is 11.3 Å². The van der Waals surface area contributed by atoms with Crippen molar-refractivity contribution in [2.45, 2.75) is 12.7 Å². The second-order valence-corrected chi connectivity index (χ2v) is 6.24. The van der Waals surface area contributed by atoms with Crippen LogP contribution in [-0.2, 0) is 12.7 Å². The summed E-state index contributed by atoms with van der Waals surface area (Å²) in [4.78, 5) is 0. The van der Waals surface area contributed by atoms with Gasteiger partial charge >= 0.3 is 6.18 Å². The number of hydrogen-bond acceptors (Lipinski definition) is 0. The molecule has 1 nitrogen and oxygen atoms in total. The van der Waals surface area contributed by atoms with Crippen LogP contribution in [0.2, 0.25) is 0 Å². The molecular weight excluding hydrogens is 335 g/mol. The second kappa shape index (κ2) is 6.37. The summed E-state index contributed by atoms with van der Waals surface area (Å²) in [6.07, 6.45) is -4.34. The zero-order valence-corrected chi connectivity index (χ0v) is 13.9. The molecule has 4 heteroatoms. The highest BCUT2D eigenvalue weighted by Crippen LogP contribution is 2.32. The largest absolute Gasteiger partial charge is 0.416 e. The van der Waals surface area contributed by atoms with Crippen molar-refractivity contribution >= 4 is 10.9 Å². The van der Waals surface area contributed by atoms with E-state index in [4.69, 9.17) is 0 Å². The smallest absolute Gasteiger partial charge is 0.336 e. The molecule has 0 unspecified atom stereocenters. The SMILES string of the molecule is FC(F)(F)c1cccc(Cn2c(-c3ccccc3)cc3ccccc32)c1. The molecule has 0 saturated heterocycles. The van der Waals surface area contributed by atoms with Crippen molar-refractivity contribution in [2.75, 3.05) is 0 Å². The summed E-state index contributed by atoms with van der Waals surface area (Å²) in [5, 5.41) is 1.07. The monoisotopic (exact) mass is 351 g/mol. The first-order valence-corrected chi connectivity index (χ1v) is 8.32. The van der Waals surface area contributed by atoms with E-state index in [1.54, 1.807) is 6.07 Å². The number of para-hydroxylation sites is 1. The Balaban J connectivity index is 1.84. The Morgan fingerprint density at radius 1 is 0.731 bits per heavy atom. The van der Waals surface area contributed by atoms with Gasteiger partial charge in [-0.3, -0.25) is 0 Å². The number of fused-ring (bicyclic) bond motifs is 1. The number of alkyl halides is 3. The summed E-state index contributed by atoms with van der Waals surface area (Å²) < 4.78 is 41.2. The number of aromatic nitrogens is 1. The number of hydrogen-bond donors (Lipinski definition) is 0. The Morgan fingerprint density at radius 3 is 2.23 bits per heavy atom. The lowest BCUT2D eigenvalue weighted by Gasteiger charge is -2.13. The third-order valence-electron chi connectivity index (χ3n) is 4.48. The number of halogens is 3. The maximum atomic E-state index is 13.0. The summed E-state index contributed by atoms with van der Waals surface area (Å²) >= 11 is 0. The predicted molar refractivity (Wildman–Crippen MR) is 97.9 cm³/mol. The molecule has 4 aromatic rings. The van der Waals surface area contributed by atoms with Crippen LogP contribution in [0, 0.1) is 0 Å². The molecule has 26 heavy (non-hydrogen) atoms. The molecule has 0 spiro atoms. The van der Waals surface area contributed by atoms with Gasteiger partial charge in [-0.05, 0) is 35.4 Å². The van der Waals surface area contributed by atoms with E-state index < -0.39 is 11.7 Å². The molecule has 0 aliphatic heterocycles. The molecule has 4 rings (SSSR count). The van der Waals surface area contributed by atoms with E-state index in [2.05, 4.69) is 10.6 Å². The van der Waals surface area contributed by atoms with Crippen LogP contribution in [-0.4, -0.2) is 4.57 Å². The molecule has 0 atom stereocenters. The Labute approximate surface area is 149 Å². The fraction of sp³-hybridized carbons (Fsp3) is 0.0909. The summed E-state index contributed by atoms with van der Waals surface area (Å²) in [6, 6.07) is 25.4. The molecular formula is C22H16F3N. The number of rotatable bonds is 3. The van der Waals surface area contributed by atoms with E-state index in [-0.39, 0.29) is 0 Å². The van der Waals surface area contributed by atoms with Gasteiger partial charge in [-0.2, -0.15) is 13.2 Å². The van der Waals surface area contributed by atoms with E-state index in [9.17, 15) is 13.2 Å². The van der Waals surface area contributed by atoms with Gasteiger partial charge in [0.2, 0.25) is 0 Å². The lowest BCUT2D eigenvalue weighted by Crippen LogP contribution is -2.07. The van der Waals surface area contributed by atoms with Crippen molar-refractivity contribution in [2.24, 2.45) is 0 Å². The van der Waals surface area contributed by atoms with Crippen LogP contribution in [0.15, 0.2) is 84.9 Å². The number of benzene rings is 3. The quantitative estimate of drug-likeness (QED) is 0.404. The third-order valence-corrected chi connectivity index (χ3v) is 4.48. The van der Waals surface area contributed by atoms with E-state index in [1.807, 2.05) is 54.6 Å². The van der Waals surface area contributed by atoms with Crippen LogP contribution >= 0.6 is 0 Å². The molecule has 1 aromatic heterocycles. The summed E-state index contributed by atoms with van der Waals surface area (Å²) in [5.74, 6) is 0. The molecule has 0 aliphatic rings. The minimum atomic E-state index is -4.34. The maximum Gasteiger partial charge on any atom is 0.416 e. The summed E-state index contributed by atoms with van der Waals surface area (Å²) in [5.41, 5.74) is 3.04. The average Bonchev–Trinajstić information content (AvgIpc) is 3.01. The van der Waals surface area contributed by atoms with Crippen LogP contribution in [0.5, 0.6) is 0 Å². The molecule has 0 amide bonds. The lowest BCUT2D eigenvalue weighted by molar-refractivity contribution is -0.137. The molecule has 0 radical (unpaired) electrons. The van der Waals surface area contributed by atoms with Crippen LogP contribution in [0.3, 0.4) is 0 Å². The number of nitrogens with zero attached hydrogens (tertiary/aromatic N) is 1. The highest BCUT2D eigenvalue weighted by Gasteiger charge is 2.30. The Bertz CT molecular complexity index is 1050. The first-order valence-electron chi connectivity index (χ1n) is 8.32. The molecule has 0 saturated carbocycles. The van der Waals surface area contributed by atoms with Gasteiger partial charge in [-0.1, -0.05) is 60.7 Å². The second-order valence-electron chi connectivity index (χ2n) is 6.24. The van der Waals surface area contributed by atoms with Gasteiger partial charge in [-0.15, -0.1) is 0 Å². The molecule has 3 aromatic carbocycles. The van der Waals surface area contributed by atoms with Crippen LogP contribution < -0.4 is 0 Å². The highest BCUT2D eigenvalue weighted by molar-refractivity contribution is 5.87. The zero-order valence-electron chi connectivity index (χ0n) is 13.9. The molecule has 1 heterocycles. The van der Waals surface area contributed by atoms with E-state index in [0.717, 1.165) is 28.2 Å². The molecule has 0 bridgehead atoms. The van der Waals surface area contributed by atoms with E-state index in [0.29, 0.717) is 12.1 Å². The van der Waals surface area contributed by atoms with Gasteiger partial charge < -0.3 is 4.57 Å². The first kappa shape index (κ1) is 16.5. The van der Waals surface area contributed by atoms with Gasteiger partial charge in [0, 0.05) is 23.1 Å². The van der Waals surface area contributed by atoms with Crippen LogP contribution in [0.4, 0.5) is 13.2 Å². The molecule has 130 valence electrons. The highest BCUT2D eigenvalue weighted by atomic mass is 19.4. The average molecular weight is 351 g/mol. The van der Waals surface area contributed by atoms with Gasteiger partial charge in [0.05, 0.1) is 5.56 Å². The maximum absolute atomic E-state index is 13.0. The third kappa shape index (κ3) is 3.10. The van der Waals surface area contributed by atoms with Crippen molar-refractivity contribution in [1.29, 1.82) is 0 Å². The lowest BCUT2D eigenvalue weighted by atomic mass is 10.1. The van der Waals surface area contributed by atoms with Gasteiger partial charge in [0.25, 0.3) is 0 Å². The molecule has 0 N–H and O–H groups in total.